The number of halogens is 3. The minimum atomic E-state index is -4.35. The van der Waals surface area contributed by atoms with Gasteiger partial charge >= 0.3 is 5.51 Å². The molecule has 0 unspecified atom stereocenters. The lowest BCUT2D eigenvalue weighted by molar-refractivity contribution is -0.120. The van der Waals surface area contributed by atoms with Gasteiger partial charge in [-0.05, 0) is 48.2 Å². The molecule has 1 aliphatic rings. The number of hydrogen-bond donors (Lipinski definition) is 2. The number of hydrogen-bond acceptors (Lipinski definition) is 4. The summed E-state index contributed by atoms with van der Waals surface area (Å²) in [5, 5.41) is 4.80. The van der Waals surface area contributed by atoms with Gasteiger partial charge < -0.3 is 10.6 Å². The number of carbonyl (C=O) groups is 2. The molecule has 4 nitrogen and oxygen atoms in total. The number of anilines is 2. The molecule has 9 heteroatoms. The number of fused-ring (bicyclic) bond motifs is 1. The first-order valence-corrected chi connectivity index (χ1v) is 9.22. The lowest BCUT2D eigenvalue weighted by Crippen LogP contribution is -2.32. The van der Waals surface area contributed by atoms with E-state index in [4.69, 9.17) is 0 Å². The van der Waals surface area contributed by atoms with E-state index in [1.807, 2.05) is 18.2 Å². The summed E-state index contributed by atoms with van der Waals surface area (Å²) < 4.78 is 36.9. The second-order valence-corrected chi connectivity index (χ2v) is 7.80. The van der Waals surface area contributed by atoms with Crippen LogP contribution in [0.2, 0.25) is 0 Å². The molecule has 0 saturated carbocycles. The van der Waals surface area contributed by atoms with Gasteiger partial charge in [0.05, 0.1) is 10.9 Å². The summed E-state index contributed by atoms with van der Waals surface area (Å²) >= 11 is 1.09. The van der Waals surface area contributed by atoms with Crippen molar-refractivity contribution in [2.24, 2.45) is 0 Å². The molecule has 2 aromatic carbocycles. The van der Waals surface area contributed by atoms with Crippen LogP contribution in [0.3, 0.4) is 0 Å². The van der Waals surface area contributed by atoms with Crippen molar-refractivity contribution in [1.29, 1.82) is 0 Å². The molecular weight excluding hydrogens is 385 g/mol. The zero-order chi connectivity index (χ0) is 18.7. The average molecular weight is 398 g/mol. The fraction of sp³-hybridized carbons (Fsp3) is 0.176. The van der Waals surface area contributed by atoms with E-state index in [-0.39, 0.29) is 34.9 Å². The van der Waals surface area contributed by atoms with Gasteiger partial charge in [-0.15, -0.1) is 11.8 Å². The third kappa shape index (κ3) is 4.95. The van der Waals surface area contributed by atoms with Crippen molar-refractivity contribution in [3.05, 3.63) is 48.5 Å². The molecule has 0 saturated heterocycles. The smallest absolute Gasteiger partial charge is 0.326 e. The summed E-state index contributed by atoms with van der Waals surface area (Å²) in [6.45, 7) is 0. The molecule has 3 rings (SSSR count). The fourth-order valence-electron chi connectivity index (χ4n) is 2.35. The van der Waals surface area contributed by atoms with Crippen LogP contribution >= 0.6 is 23.5 Å². The third-order valence-corrected chi connectivity index (χ3v) is 5.46. The Morgan fingerprint density at radius 3 is 2.54 bits per heavy atom. The number of alkyl halides is 3. The van der Waals surface area contributed by atoms with Crippen molar-refractivity contribution in [2.45, 2.75) is 27.0 Å². The van der Waals surface area contributed by atoms with Crippen molar-refractivity contribution in [3.63, 3.8) is 0 Å². The van der Waals surface area contributed by atoms with Gasteiger partial charge in [0.2, 0.25) is 11.8 Å². The van der Waals surface area contributed by atoms with E-state index >= 15 is 0 Å². The lowest BCUT2D eigenvalue weighted by atomic mass is 10.2. The minimum Gasteiger partial charge on any atom is -0.326 e. The molecule has 0 aliphatic carbocycles. The van der Waals surface area contributed by atoms with E-state index in [0.717, 1.165) is 10.6 Å². The maximum absolute atomic E-state index is 12.3. The molecule has 2 aromatic rings. The van der Waals surface area contributed by atoms with Crippen LogP contribution in [0.25, 0.3) is 0 Å². The van der Waals surface area contributed by atoms with Crippen molar-refractivity contribution in [2.75, 3.05) is 10.6 Å². The first-order chi connectivity index (χ1) is 12.3. The number of rotatable bonds is 4. The molecule has 26 heavy (non-hydrogen) atoms. The molecule has 2 amide bonds. The quantitative estimate of drug-likeness (QED) is 0.731. The predicted molar refractivity (Wildman–Crippen MR) is 96.3 cm³/mol. The fourth-order valence-corrected chi connectivity index (χ4v) is 4.00. The normalized spacial score (nSPS) is 16.6. The van der Waals surface area contributed by atoms with Gasteiger partial charge in [-0.25, -0.2) is 0 Å². The Morgan fingerprint density at radius 2 is 1.85 bits per heavy atom. The summed E-state index contributed by atoms with van der Waals surface area (Å²) in [5.74, 6) is -0.631. The van der Waals surface area contributed by atoms with Crippen LogP contribution in [0, 0.1) is 0 Å². The number of nitrogens with one attached hydrogen (secondary N) is 2. The first kappa shape index (κ1) is 18.7. The van der Waals surface area contributed by atoms with Crippen LogP contribution in [0.15, 0.2) is 58.3 Å². The van der Waals surface area contributed by atoms with Crippen molar-refractivity contribution < 1.29 is 22.8 Å². The molecule has 0 spiro atoms. The van der Waals surface area contributed by atoms with E-state index in [2.05, 4.69) is 10.6 Å². The summed E-state index contributed by atoms with van der Waals surface area (Å²) in [4.78, 5) is 25.2. The largest absolute Gasteiger partial charge is 0.446 e. The van der Waals surface area contributed by atoms with Crippen LogP contribution in [0.5, 0.6) is 0 Å². The number of para-hydroxylation sites is 1. The van der Waals surface area contributed by atoms with Crippen LogP contribution in [-0.2, 0) is 9.59 Å². The van der Waals surface area contributed by atoms with E-state index in [1.165, 1.54) is 36.0 Å². The Morgan fingerprint density at radius 1 is 1.15 bits per heavy atom. The summed E-state index contributed by atoms with van der Waals surface area (Å²) in [7, 11) is 0. The highest BCUT2D eigenvalue weighted by Crippen LogP contribution is 2.38. The second-order valence-electron chi connectivity index (χ2n) is 5.42. The predicted octanol–water partition coefficient (Wildman–Crippen LogP) is 4.74. The van der Waals surface area contributed by atoms with Crippen LogP contribution in [0.1, 0.15) is 6.42 Å². The van der Waals surface area contributed by atoms with Crippen LogP contribution in [0.4, 0.5) is 24.5 Å². The van der Waals surface area contributed by atoms with E-state index in [1.54, 1.807) is 6.07 Å². The summed E-state index contributed by atoms with van der Waals surface area (Å²) in [5.41, 5.74) is -3.26. The zero-order valence-electron chi connectivity index (χ0n) is 13.2. The first-order valence-electron chi connectivity index (χ1n) is 7.52. The van der Waals surface area contributed by atoms with Gasteiger partial charge in [-0.1, -0.05) is 12.1 Å². The highest BCUT2D eigenvalue weighted by Gasteiger charge is 2.30. The van der Waals surface area contributed by atoms with Crippen molar-refractivity contribution in [3.8, 4) is 0 Å². The zero-order valence-corrected chi connectivity index (χ0v) is 14.8. The van der Waals surface area contributed by atoms with Gasteiger partial charge in [0.15, 0.2) is 0 Å². The Bertz CT molecular complexity index is 826. The average Bonchev–Trinajstić information content (AvgIpc) is 2.56. The van der Waals surface area contributed by atoms with E-state index < -0.39 is 10.8 Å². The Kier molecular flexibility index (Phi) is 5.47. The maximum atomic E-state index is 12.3. The van der Waals surface area contributed by atoms with Gasteiger partial charge in [-0.3, -0.25) is 9.59 Å². The SMILES string of the molecule is O=C(C[C@H]1Sc2ccccc2NC1=O)Nc1ccc(SC(F)(F)F)cc1. The highest BCUT2D eigenvalue weighted by molar-refractivity contribution is 8.01. The van der Waals surface area contributed by atoms with Crippen LogP contribution in [-0.4, -0.2) is 22.6 Å². The maximum Gasteiger partial charge on any atom is 0.446 e. The molecule has 0 aromatic heterocycles. The molecule has 2 N–H and O–H groups in total. The molecule has 0 bridgehead atoms. The minimum absolute atomic E-state index is 0.0364. The van der Waals surface area contributed by atoms with Crippen molar-refractivity contribution >= 4 is 46.7 Å². The van der Waals surface area contributed by atoms with E-state index in [0.29, 0.717) is 5.69 Å². The Labute approximate surface area is 155 Å². The van der Waals surface area contributed by atoms with E-state index in [9.17, 15) is 22.8 Å². The monoisotopic (exact) mass is 398 g/mol. The Balaban J connectivity index is 1.58. The number of carbonyl (C=O) groups excluding carboxylic acids is 2. The molecule has 0 radical (unpaired) electrons. The van der Waals surface area contributed by atoms with Gasteiger partial charge in [0, 0.05) is 21.9 Å². The second kappa shape index (κ2) is 7.63. The molecule has 1 aliphatic heterocycles. The topological polar surface area (TPSA) is 58.2 Å². The molecule has 0 fully saturated rings. The number of amides is 2. The standard InChI is InChI=1S/C17H13F3N2O2S2/c18-17(19,20)26-11-7-5-10(6-8-11)21-15(23)9-14-16(24)22-12-3-1-2-4-13(12)25-14/h1-8,14H,9H2,(H,21,23)(H,22,24)/t14-/m1/s1. The highest BCUT2D eigenvalue weighted by atomic mass is 32.2. The number of benzene rings is 2. The summed E-state index contributed by atoms with van der Waals surface area (Å²) in [6.07, 6.45) is -0.0378. The van der Waals surface area contributed by atoms with Crippen molar-refractivity contribution in [1.82, 2.24) is 0 Å². The molecule has 136 valence electrons. The Hall–Kier alpha value is -2.13. The van der Waals surface area contributed by atoms with Gasteiger partial charge in [-0.2, -0.15) is 13.2 Å². The molecule has 1 heterocycles. The van der Waals surface area contributed by atoms with Gasteiger partial charge in [0.25, 0.3) is 0 Å². The molecule has 1 atom stereocenters. The van der Waals surface area contributed by atoms with Gasteiger partial charge in [0.1, 0.15) is 0 Å². The van der Waals surface area contributed by atoms with Crippen LogP contribution < -0.4 is 10.6 Å². The summed E-state index contributed by atoms with van der Waals surface area (Å²) in [6, 6.07) is 12.7. The number of thioether (sulfide) groups is 2. The lowest BCUT2D eigenvalue weighted by Gasteiger charge is -2.23. The molecular formula is C17H13F3N2O2S2. The third-order valence-electron chi connectivity index (χ3n) is 3.45.